The molecule has 9 nitrogen and oxygen atoms in total. The molecule has 5 aromatic rings. The number of carbonyl (C=O) groups is 2. The zero-order valence-electron chi connectivity index (χ0n) is 18.5. The fraction of sp³-hybridized carbons (Fsp3) is 0.120. The summed E-state index contributed by atoms with van der Waals surface area (Å²) >= 11 is 1.27. The summed E-state index contributed by atoms with van der Waals surface area (Å²) in [7, 11) is 1.43. The van der Waals surface area contributed by atoms with Crippen LogP contribution in [0.2, 0.25) is 0 Å². The van der Waals surface area contributed by atoms with Crippen molar-refractivity contribution in [1.29, 1.82) is 0 Å². The quantitative estimate of drug-likeness (QED) is 0.350. The van der Waals surface area contributed by atoms with Crippen LogP contribution in [0.3, 0.4) is 0 Å². The largest absolute Gasteiger partial charge is 0.495 e. The zero-order valence-corrected chi connectivity index (χ0v) is 19.3. The van der Waals surface area contributed by atoms with Gasteiger partial charge < -0.3 is 14.5 Å². The first-order valence-corrected chi connectivity index (χ1v) is 11.4. The van der Waals surface area contributed by atoms with E-state index in [9.17, 15) is 19.2 Å². The Morgan fingerprint density at radius 1 is 1.11 bits per heavy atom. The predicted octanol–water partition coefficient (Wildman–Crippen LogP) is 3.48. The number of furan rings is 1. The molecule has 0 unspecified atom stereocenters. The number of hydrogen-bond donors (Lipinski definition) is 1. The molecule has 10 heteroatoms. The first kappa shape index (κ1) is 22.4. The molecule has 3 heterocycles. The number of aromatic nitrogens is 2. The molecule has 0 aliphatic heterocycles. The third kappa shape index (κ3) is 4.04. The summed E-state index contributed by atoms with van der Waals surface area (Å²) in [5.74, 6) is 0.258. The number of ether oxygens (including phenoxy) is 1. The summed E-state index contributed by atoms with van der Waals surface area (Å²) in [6.07, 6.45) is 2.14. The molecule has 1 amide bonds. The molecule has 2 aromatic carbocycles. The summed E-state index contributed by atoms with van der Waals surface area (Å²) in [4.78, 5) is 50.9. The highest BCUT2D eigenvalue weighted by atomic mass is 32.1. The van der Waals surface area contributed by atoms with E-state index in [1.54, 1.807) is 24.3 Å². The lowest BCUT2D eigenvalue weighted by Crippen LogP contribution is -2.41. The third-order valence-electron chi connectivity index (χ3n) is 5.57. The Bertz CT molecular complexity index is 1690. The Kier molecular flexibility index (Phi) is 5.79. The minimum Gasteiger partial charge on any atom is -0.495 e. The minimum atomic E-state index is -0.624. The van der Waals surface area contributed by atoms with Crippen molar-refractivity contribution in [2.75, 3.05) is 12.4 Å². The van der Waals surface area contributed by atoms with E-state index in [0.717, 1.165) is 9.27 Å². The molecule has 0 spiro atoms. The number of thiophene rings is 1. The maximum absolute atomic E-state index is 13.5. The van der Waals surface area contributed by atoms with E-state index in [1.807, 2.05) is 24.3 Å². The van der Waals surface area contributed by atoms with E-state index in [4.69, 9.17) is 9.15 Å². The summed E-state index contributed by atoms with van der Waals surface area (Å²) in [6, 6.07) is 15.3. The lowest BCUT2D eigenvalue weighted by atomic mass is 10.2. The third-order valence-corrected chi connectivity index (χ3v) is 6.72. The second-order valence-corrected chi connectivity index (χ2v) is 8.79. The van der Waals surface area contributed by atoms with Gasteiger partial charge in [-0.15, -0.1) is 11.3 Å². The Morgan fingerprint density at radius 3 is 2.69 bits per heavy atom. The molecule has 0 fully saturated rings. The van der Waals surface area contributed by atoms with Crippen molar-refractivity contribution >= 4 is 49.5 Å². The summed E-state index contributed by atoms with van der Waals surface area (Å²) < 4.78 is 14.2. The maximum Gasteiger partial charge on any atom is 0.332 e. The van der Waals surface area contributed by atoms with Crippen molar-refractivity contribution in [2.45, 2.75) is 13.1 Å². The number of aldehydes is 1. The van der Waals surface area contributed by atoms with Crippen LogP contribution in [-0.2, 0) is 17.9 Å². The van der Waals surface area contributed by atoms with Crippen molar-refractivity contribution < 1.29 is 18.7 Å². The number of benzene rings is 2. The molecule has 0 aliphatic carbocycles. The topological polar surface area (TPSA) is 113 Å². The molecule has 3 aromatic heterocycles. The monoisotopic (exact) mass is 489 g/mol. The van der Waals surface area contributed by atoms with Gasteiger partial charge in [0.1, 0.15) is 29.0 Å². The first-order valence-electron chi connectivity index (χ1n) is 10.6. The van der Waals surface area contributed by atoms with E-state index >= 15 is 0 Å². The molecule has 0 bridgehead atoms. The Labute approximate surface area is 201 Å². The Hall–Kier alpha value is -4.44. The predicted molar refractivity (Wildman–Crippen MR) is 133 cm³/mol. The van der Waals surface area contributed by atoms with Crippen LogP contribution in [0.25, 0.3) is 20.3 Å². The van der Waals surface area contributed by atoms with E-state index in [-0.39, 0.29) is 13.1 Å². The second kappa shape index (κ2) is 9.07. The van der Waals surface area contributed by atoms with Crippen molar-refractivity contribution in [3.63, 3.8) is 0 Å². The smallest absolute Gasteiger partial charge is 0.332 e. The van der Waals surface area contributed by atoms with Gasteiger partial charge in [0.2, 0.25) is 5.91 Å². The van der Waals surface area contributed by atoms with Gasteiger partial charge in [0.15, 0.2) is 0 Å². The van der Waals surface area contributed by atoms with Gasteiger partial charge in [-0.25, -0.2) is 4.79 Å². The number of amides is 1. The van der Waals surface area contributed by atoms with Crippen molar-refractivity contribution in [2.24, 2.45) is 0 Å². The van der Waals surface area contributed by atoms with Crippen LogP contribution in [0.4, 0.5) is 5.69 Å². The molecule has 0 aliphatic rings. The van der Waals surface area contributed by atoms with E-state index in [0.29, 0.717) is 44.6 Å². The van der Waals surface area contributed by atoms with Gasteiger partial charge >= 0.3 is 5.69 Å². The Balaban J connectivity index is 1.62. The molecule has 0 radical (unpaired) electrons. The summed E-state index contributed by atoms with van der Waals surface area (Å²) in [5.41, 5.74) is 0.0972. The van der Waals surface area contributed by atoms with Gasteiger partial charge in [-0.05, 0) is 36.4 Å². The highest BCUT2D eigenvalue weighted by Gasteiger charge is 2.21. The number of anilines is 1. The highest BCUT2D eigenvalue weighted by molar-refractivity contribution is 7.25. The average Bonchev–Trinajstić information content (AvgIpc) is 3.52. The van der Waals surface area contributed by atoms with Crippen molar-refractivity contribution in [3.8, 4) is 5.75 Å². The molecular weight excluding hydrogens is 470 g/mol. The molecule has 0 saturated heterocycles. The van der Waals surface area contributed by atoms with Crippen LogP contribution >= 0.6 is 11.3 Å². The fourth-order valence-corrected chi connectivity index (χ4v) is 5.11. The SMILES string of the molecule is COc1cc(C=O)ccc1NC(=O)Cn1c(=O)n(Cc2ccco2)c(=O)c2sc3ccccc3c21. The average molecular weight is 490 g/mol. The molecular formula is C25H19N3O6S. The molecule has 176 valence electrons. The minimum absolute atomic E-state index is 0.0581. The number of hydrogen-bond acceptors (Lipinski definition) is 7. The number of methoxy groups -OCH3 is 1. The first-order chi connectivity index (χ1) is 17.0. The number of carbonyl (C=O) groups excluding carboxylic acids is 2. The zero-order chi connectivity index (χ0) is 24.5. The molecule has 5 rings (SSSR count). The van der Waals surface area contributed by atoms with Crippen LogP contribution in [0, 0.1) is 0 Å². The normalized spacial score (nSPS) is 11.1. The lowest BCUT2D eigenvalue weighted by Gasteiger charge is -2.14. The van der Waals surface area contributed by atoms with Crippen molar-refractivity contribution in [3.05, 3.63) is 93.0 Å². The van der Waals surface area contributed by atoms with Crippen LogP contribution in [0.5, 0.6) is 5.75 Å². The molecule has 0 atom stereocenters. The maximum atomic E-state index is 13.5. The van der Waals surface area contributed by atoms with Crippen LogP contribution in [0.15, 0.2) is 74.9 Å². The van der Waals surface area contributed by atoms with Crippen LogP contribution in [0.1, 0.15) is 16.1 Å². The summed E-state index contributed by atoms with van der Waals surface area (Å²) in [5, 5.41) is 3.45. The lowest BCUT2D eigenvalue weighted by molar-refractivity contribution is -0.116. The van der Waals surface area contributed by atoms with Crippen LogP contribution < -0.4 is 21.3 Å². The van der Waals surface area contributed by atoms with Crippen LogP contribution in [-0.4, -0.2) is 28.4 Å². The van der Waals surface area contributed by atoms with Gasteiger partial charge in [-0.3, -0.25) is 23.5 Å². The second-order valence-electron chi connectivity index (χ2n) is 7.74. The molecule has 1 N–H and O–H groups in total. The number of nitrogens with one attached hydrogen (secondary N) is 1. The van der Waals surface area contributed by atoms with Gasteiger partial charge in [-0.1, -0.05) is 18.2 Å². The van der Waals surface area contributed by atoms with Gasteiger partial charge in [-0.2, -0.15) is 0 Å². The van der Waals surface area contributed by atoms with Gasteiger partial charge in [0, 0.05) is 15.6 Å². The van der Waals surface area contributed by atoms with Crippen molar-refractivity contribution in [1.82, 2.24) is 9.13 Å². The van der Waals surface area contributed by atoms with Gasteiger partial charge in [0.25, 0.3) is 5.56 Å². The molecule has 0 saturated carbocycles. The molecule has 35 heavy (non-hydrogen) atoms. The van der Waals surface area contributed by atoms with E-state index < -0.39 is 17.2 Å². The standard InChI is InChI=1S/C25H19N3O6S/c1-33-19-11-15(14-29)8-9-18(19)26-21(30)13-27-22-17-6-2-3-7-20(17)35-23(22)24(31)28(25(27)32)12-16-5-4-10-34-16/h2-11,14H,12-13H2,1H3,(H,26,30). The Morgan fingerprint density at radius 2 is 1.94 bits per heavy atom. The fourth-order valence-electron chi connectivity index (χ4n) is 3.96. The van der Waals surface area contributed by atoms with E-state index in [1.165, 1.54) is 35.3 Å². The summed E-state index contributed by atoms with van der Waals surface area (Å²) in [6.45, 7) is -0.398. The number of rotatable bonds is 7. The number of fused-ring (bicyclic) bond motifs is 3. The van der Waals surface area contributed by atoms with Gasteiger partial charge in [0.05, 0.1) is 31.1 Å². The van der Waals surface area contributed by atoms with E-state index in [2.05, 4.69) is 5.32 Å². The highest BCUT2D eigenvalue weighted by Crippen LogP contribution is 2.31. The number of nitrogens with zero attached hydrogens (tertiary/aromatic N) is 2.